The Hall–Kier alpha value is -2.51. The Morgan fingerprint density at radius 3 is 2.48 bits per heavy atom. The number of likely N-dealkylation sites (tertiary alicyclic amines) is 1. The SMILES string of the molecule is O=C(CN1CCC2(CC1)N=C(c1ccc(Br)cc1)C(=O)N2)NCc1ccccc1. The van der Waals surface area contributed by atoms with E-state index in [0.29, 0.717) is 31.6 Å². The van der Waals surface area contributed by atoms with Crippen LogP contribution in [0.4, 0.5) is 0 Å². The standard InChI is InChI=1S/C22H23BrN4O2/c23-18-8-6-17(7-9-18)20-21(29)26-22(25-20)10-12-27(13-11-22)15-19(28)24-14-16-4-2-1-3-5-16/h1-9H,10-15H2,(H,24,28)(H,26,29). The molecule has 2 aliphatic rings. The summed E-state index contributed by atoms with van der Waals surface area (Å²) in [4.78, 5) is 31.6. The van der Waals surface area contributed by atoms with Gasteiger partial charge in [-0.3, -0.25) is 19.5 Å². The molecule has 1 saturated heterocycles. The molecule has 150 valence electrons. The normalized spacial score (nSPS) is 18.4. The molecular weight excluding hydrogens is 432 g/mol. The van der Waals surface area contributed by atoms with Gasteiger partial charge in [-0.25, -0.2) is 0 Å². The largest absolute Gasteiger partial charge is 0.351 e. The van der Waals surface area contributed by atoms with Crippen molar-refractivity contribution in [1.82, 2.24) is 15.5 Å². The predicted octanol–water partition coefficient (Wildman–Crippen LogP) is 2.48. The van der Waals surface area contributed by atoms with Crippen molar-refractivity contribution in [2.75, 3.05) is 19.6 Å². The molecule has 0 atom stereocenters. The highest BCUT2D eigenvalue weighted by Crippen LogP contribution is 2.29. The predicted molar refractivity (Wildman–Crippen MR) is 116 cm³/mol. The molecule has 2 heterocycles. The first-order chi connectivity index (χ1) is 14.0. The smallest absolute Gasteiger partial charge is 0.272 e. The number of nitrogens with zero attached hydrogens (tertiary/aromatic N) is 2. The third kappa shape index (κ3) is 4.74. The van der Waals surface area contributed by atoms with Crippen LogP contribution in [-0.2, 0) is 16.1 Å². The minimum Gasteiger partial charge on any atom is -0.351 e. The number of nitrogens with one attached hydrogen (secondary N) is 2. The molecule has 6 nitrogen and oxygen atoms in total. The van der Waals surface area contributed by atoms with Gasteiger partial charge in [0.15, 0.2) is 0 Å². The molecule has 2 amide bonds. The van der Waals surface area contributed by atoms with Gasteiger partial charge in [-0.15, -0.1) is 0 Å². The molecule has 1 fully saturated rings. The minimum atomic E-state index is -0.545. The van der Waals surface area contributed by atoms with E-state index in [0.717, 1.165) is 28.7 Å². The molecule has 0 radical (unpaired) electrons. The van der Waals surface area contributed by atoms with Gasteiger partial charge in [-0.1, -0.05) is 58.4 Å². The summed E-state index contributed by atoms with van der Waals surface area (Å²) in [6.07, 6.45) is 1.40. The van der Waals surface area contributed by atoms with Crippen molar-refractivity contribution in [3.63, 3.8) is 0 Å². The Morgan fingerprint density at radius 2 is 1.79 bits per heavy atom. The molecular formula is C22H23BrN4O2. The maximum atomic E-state index is 12.5. The van der Waals surface area contributed by atoms with Crippen LogP contribution in [0, 0.1) is 0 Å². The Balaban J connectivity index is 1.31. The van der Waals surface area contributed by atoms with Crippen LogP contribution in [0.25, 0.3) is 0 Å². The minimum absolute atomic E-state index is 0.0133. The van der Waals surface area contributed by atoms with Crippen LogP contribution in [0.1, 0.15) is 24.0 Å². The van der Waals surface area contributed by atoms with Crippen molar-refractivity contribution < 1.29 is 9.59 Å². The molecule has 7 heteroatoms. The summed E-state index contributed by atoms with van der Waals surface area (Å²) >= 11 is 3.41. The maximum Gasteiger partial charge on any atom is 0.272 e. The molecule has 0 bridgehead atoms. The number of rotatable bonds is 5. The fourth-order valence-electron chi connectivity index (χ4n) is 3.74. The number of carbonyl (C=O) groups is 2. The summed E-state index contributed by atoms with van der Waals surface area (Å²) < 4.78 is 0.966. The van der Waals surface area contributed by atoms with Crippen molar-refractivity contribution in [1.29, 1.82) is 0 Å². The lowest BCUT2D eigenvalue weighted by Crippen LogP contribution is -2.52. The molecule has 0 saturated carbocycles. The Bertz CT molecular complexity index is 920. The number of carbonyl (C=O) groups excluding carboxylic acids is 2. The van der Waals surface area contributed by atoms with Crippen molar-refractivity contribution >= 4 is 33.5 Å². The van der Waals surface area contributed by atoms with E-state index >= 15 is 0 Å². The summed E-state index contributed by atoms with van der Waals surface area (Å²) in [5, 5.41) is 6.04. The monoisotopic (exact) mass is 454 g/mol. The van der Waals surface area contributed by atoms with Crippen LogP contribution in [0.2, 0.25) is 0 Å². The van der Waals surface area contributed by atoms with Gasteiger partial charge in [0.1, 0.15) is 11.4 Å². The quantitative estimate of drug-likeness (QED) is 0.728. The Kier molecular flexibility index (Phi) is 5.78. The summed E-state index contributed by atoms with van der Waals surface area (Å²) in [6, 6.07) is 17.5. The van der Waals surface area contributed by atoms with Crippen LogP contribution in [0.3, 0.4) is 0 Å². The molecule has 0 aromatic heterocycles. The van der Waals surface area contributed by atoms with E-state index in [9.17, 15) is 9.59 Å². The van der Waals surface area contributed by atoms with Crippen LogP contribution in [0.5, 0.6) is 0 Å². The van der Waals surface area contributed by atoms with Crippen LogP contribution in [0.15, 0.2) is 64.1 Å². The molecule has 2 aliphatic heterocycles. The van der Waals surface area contributed by atoms with Gasteiger partial charge in [0.2, 0.25) is 5.91 Å². The van der Waals surface area contributed by atoms with E-state index in [4.69, 9.17) is 4.99 Å². The molecule has 4 rings (SSSR count). The second-order valence-corrected chi connectivity index (χ2v) is 8.41. The molecule has 29 heavy (non-hydrogen) atoms. The first kappa shape index (κ1) is 19.8. The summed E-state index contributed by atoms with van der Waals surface area (Å²) in [6.45, 7) is 2.33. The number of piperidine rings is 1. The summed E-state index contributed by atoms with van der Waals surface area (Å²) in [7, 11) is 0. The topological polar surface area (TPSA) is 73.8 Å². The zero-order valence-corrected chi connectivity index (χ0v) is 17.6. The zero-order chi connectivity index (χ0) is 20.3. The van der Waals surface area contributed by atoms with E-state index in [1.807, 2.05) is 54.6 Å². The van der Waals surface area contributed by atoms with E-state index in [-0.39, 0.29) is 11.8 Å². The molecule has 2 N–H and O–H groups in total. The lowest BCUT2D eigenvalue weighted by atomic mass is 9.98. The van der Waals surface area contributed by atoms with Gasteiger partial charge >= 0.3 is 0 Å². The average Bonchev–Trinajstić information content (AvgIpc) is 3.05. The third-order valence-corrected chi connectivity index (χ3v) is 5.92. The lowest BCUT2D eigenvalue weighted by molar-refractivity contribution is -0.123. The van der Waals surface area contributed by atoms with E-state index in [2.05, 4.69) is 31.5 Å². The summed E-state index contributed by atoms with van der Waals surface area (Å²) in [5.74, 6) is -0.110. The summed E-state index contributed by atoms with van der Waals surface area (Å²) in [5.41, 5.74) is 1.86. The molecule has 0 unspecified atom stereocenters. The third-order valence-electron chi connectivity index (χ3n) is 5.39. The van der Waals surface area contributed by atoms with Crippen molar-refractivity contribution in [3.05, 3.63) is 70.2 Å². The van der Waals surface area contributed by atoms with Crippen molar-refractivity contribution in [2.24, 2.45) is 4.99 Å². The van der Waals surface area contributed by atoms with Gasteiger partial charge < -0.3 is 10.6 Å². The average molecular weight is 455 g/mol. The van der Waals surface area contributed by atoms with Crippen LogP contribution < -0.4 is 10.6 Å². The van der Waals surface area contributed by atoms with Gasteiger partial charge in [-0.2, -0.15) is 0 Å². The highest BCUT2D eigenvalue weighted by atomic mass is 79.9. The highest BCUT2D eigenvalue weighted by Gasteiger charge is 2.42. The molecule has 1 spiro atoms. The van der Waals surface area contributed by atoms with Crippen LogP contribution in [-0.4, -0.2) is 47.7 Å². The fourth-order valence-corrected chi connectivity index (χ4v) is 4.00. The van der Waals surface area contributed by atoms with Gasteiger partial charge in [0.05, 0.1) is 6.54 Å². The second kappa shape index (κ2) is 8.47. The number of aliphatic imine (C=N–C) groups is 1. The fraction of sp³-hybridized carbons (Fsp3) is 0.318. The number of hydrogen-bond acceptors (Lipinski definition) is 4. The lowest BCUT2D eigenvalue weighted by Gasteiger charge is -2.36. The number of benzene rings is 2. The number of hydrogen-bond donors (Lipinski definition) is 2. The molecule has 2 aromatic carbocycles. The molecule has 2 aromatic rings. The van der Waals surface area contributed by atoms with E-state index in [1.165, 1.54) is 0 Å². The van der Waals surface area contributed by atoms with Crippen LogP contribution >= 0.6 is 15.9 Å². The Labute approximate surface area is 178 Å². The van der Waals surface area contributed by atoms with Gasteiger partial charge in [0, 0.05) is 42.5 Å². The Morgan fingerprint density at radius 1 is 1.10 bits per heavy atom. The first-order valence-corrected chi connectivity index (χ1v) is 10.5. The van der Waals surface area contributed by atoms with Gasteiger partial charge in [-0.05, 0) is 17.7 Å². The zero-order valence-electron chi connectivity index (χ0n) is 16.0. The highest BCUT2D eigenvalue weighted by molar-refractivity contribution is 9.10. The van der Waals surface area contributed by atoms with E-state index < -0.39 is 5.66 Å². The van der Waals surface area contributed by atoms with E-state index in [1.54, 1.807) is 0 Å². The maximum absolute atomic E-state index is 12.5. The van der Waals surface area contributed by atoms with Crippen molar-refractivity contribution in [3.8, 4) is 0 Å². The molecule has 0 aliphatic carbocycles. The number of halogens is 1. The van der Waals surface area contributed by atoms with Gasteiger partial charge in [0.25, 0.3) is 5.91 Å². The number of amides is 2. The van der Waals surface area contributed by atoms with Crippen molar-refractivity contribution in [2.45, 2.75) is 25.0 Å². The first-order valence-electron chi connectivity index (χ1n) is 9.74. The second-order valence-electron chi connectivity index (χ2n) is 7.49.